The highest BCUT2D eigenvalue weighted by Gasteiger charge is 2.60. The first-order chi connectivity index (χ1) is 9.10. The van der Waals surface area contributed by atoms with Crippen LogP contribution in [0.4, 0.5) is 10.1 Å². The predicted molar refractivity (Wildman–Crippen MR) is 66.6 cm³/mol. The number of carbonyl (C=O) groups is 1. The third kappa shape index (κ3) is 1.77. The second kappa shape index (κ2) is 4.23. The zero-order chi connectivity index (χ0) is 15.3. The molecule has 0 aliphatic carbocycles. The zero-order valence-corrected chi connectivity index (χ0v) is 11.5. The van der Waals surface area contributed by atoms with Gasteiger partial charge in [-0.1, -0.05) is 12.1 Å². The summed E-state index contributed by atoms with van der Waals surface area (Å²) in [6, 6.07) is 3.41. The van der Waals surface area contributed by atoms with Crippen molar-refractivity contribution in [2.45, 2.75) is 25.1 Å². The first-order valence-corrected chi connectivity index (χ1v) is 7.03. The van der Waals surface area contributed by atoms with E-state index in [-0.39, 0.29) is 5.56 Å². The fourth-order valence-electron chi connectivity index (χ4n) is 1.90. The molecule has 7 nitrogen and oxygen atoms in total. The summed E-state index contributed by atoms with van der Waals surface area (Å²) in [6.07, 6.45) is 0. The molecule has 0 N–H and O–H groups in total. The van der Waals surface area contributed by atoms with Crippen LogP contribution in [0.15, 0.2) is 18.2 Å². The number of rotatable bonds is 3. The van der Waals surface area contributed by atoms with Gasteiger partial charge in [0, 0.05) is 11.6 Å². The van der Waals surface area contributed by atoms with Gasteiger partial charge in [0.05, 0.1) is 11.5 Å². The Hall–Kier alpha value is -2.03. The Labute approximate surface area is 114 Å². The van der Waals surface area contributed by atoms with Crippen LogP contribution in [0.1, 0.15) is 19.4 Å². The standard InChI is InChI=1S/C11H11FN2O5S/c1-11(2)10(15)13(20(11,18)19)6-7-4-3-5-8(9(7)12)14(16)17/h3-5H,6H2,1-2H3. The molecule has 0 unspecified atom stereocenters. The highest BCUT2D eigenvalue weighted by molar-refractivity contribution is 7.94. The van der Waals surface area contributed by atoms with E-state index in [0.717, 1.165) is 6.07 Å². The van der Waals surface area contributed by atoms with Gasteiger partial charge < -0.3 is 0 Å². The smallest absolute Gasteiger partial charge is 0.272 e. The van der Waals surface area contributed by atoms with Gasteiger partial charge in [0.1, 0.15) is 0 Å². The summed E-state index contributed by atoms with van der Waals surface area (Å²) >= 11 is 0. The molecular weight excluding hydrogens is 291 g/mol. The molecule has 1 amide bonds. The highest BCUT2D eigenvalue weighted by Crippen LogP contribution is 2.36. The molecule has 0 atom stereocenters. The van der Waals surface area contributed by atoms with E-state index >= 15 is 0 Å². The Morgan fingerprint density at radius 1 is 1.40 bits per heavy atom. The molecule has 1 aromatic carbocycles. The van der Waals surface area contributed by atoms with Crippen LogP contribution < -0.4 is 0 Å². The van der Waals surface area contributed by atoms with Crippen LogP contribution in [-0.4, -0.2) is 28.3 Å². The fraction of sp³-hybridized carbons (Fsp3) is 0.364. The summed E-state index contributed by atoms with van der Waals surface area (Å²) in [4.78, 5) is 21.4. The van der Waals surface area contributed by atoms with E-state index in [9.17, 15) is 27.7 Å². The first kappa shape index (κ1) is 14.4. The third-order valence-corrected chi connectivity index (χ3v) is 5.59. The van der Waals surface area contributed by atoms with Crippen molar-refractivity contribution in [1.29, 1.82) is 0 Å². The molecule has 108 valence electrons. The van der Waals surface area contributed by atoms with E-state index < -0.39 is 43.7 Å². The zero-order valence-electron chi connectivity index (χ0n) is 10.7. The van der Waals surface area contributed by atoms with Gasteiger partial charge in [-0.3, -0.25) is 14.9 Å². The summed E-state index contributed by atoms with van der Waals surface area (Å²) < 4.78 is 36.6. The molecule has 1 aromatic rings. The van der Waals surface area contributed by atoms with Gasteiger partial charge in [-0.2, -0.15) is 4.39 Å². The number of hydrogen-bond acceptors (Lipinski definition) is 5. The van der Waals surface area contributed by atoms with E-state index in [1.165, 1.54) is 26.0 Å². The van der Waals surface area contributed by atoms with Crippen molar-refractivity contribution < 1.29 is 22.5 Å². The highest BCUT2D eigenvalue weighted by atomic mass is 32.2. The van der Waals surface area contributed by atoms with Gasteiger partial charge in [0.2, 0.25) is 5.82 Å². The Balaban J connectivity index is 2.36. The lowest BCUT2D eigenvalue weighted by Gasteiger charge is -2.43. The number of carbonyl (C=O) groups excluding carboxylic acids is 1. The van der Waals surface area contributed by atoms with Crippen LogP contribution in [-0.2, 0) is 21.4 Å². The molecule has 0 bridgehead atoms. The topological polar surface area (TPSA) is 97.6 Å². The minimum atomic E-state index is -3.85. The number of sulfonamides is 1. The Morgan fingerprint density at radius 3 is 2.50 bits per heavy atom. The lowest BCUT2D eigenvalue weighted by molar-refractivity contribution is -0.387. The van der Waals surface area contributed by atoms with Crippen molar-refractivity contribution in [3.05, 3.63) is 39.7 Å². The normalized spacial score (nSPS) is 19.6. The van der Waals surface area contributed by atoms with Gasteiger partial charge in [-0.15, -0.1) is 0 Å². The summed E-state index contributed by atoms with van der Waals surface area (Å²) in [5.41, 5.74) is -0.973. The SMILES string of the molecule is CC1(C)C(=O)N(Cc2cccc([N+](=O)[O-])c2F)S1(=O)=O. The number of nitro benzene ring substituents is 1. The lowest BCUT2D eigenvalue weighted by Crippen LogP contribution is -2.66. The molecule has 2 rings (SSSR count). The Bertz CT molecular complexity index is 714. The third-order valence-electron chi connectivity index (χ3n) is 3.25. The predicted octanol–water partition coefficient (Wildman–Crippen LogP) is 1.18. The van der Waals surface area contributed by atoms with Crippen LogP contribution >= 0.6 is 0 Å². The number of amides is 1. The first-order valence-electron chi connectivity index (χ1n) is 5.59. The van der Waals surface area contributed by atoms with Gasteiger partial charge in [0.25, 0.3) is 15.9 Å². The maximum atomic E-state index is 13.8. The average molecular weight is 302 g/mol. The second-order valence-electron chi connectivity index (χ2n) is 4.83. The van der Waals surface area contributed by atoms with Crippen molar-refractivity contribution >= 4 is 21.6 Å². The van der Waals surface area contributed by atoms with Crippen LogP contribution in [0.5, 0.6) is 0 Å². The van der Waals surface area contributed by atoms with Crippen molar-refractivity contribution in [1.82, 2.24) is 4.31 Å². The van der Waals surface area contributed by atoms with Crippen molar-refractivity contribution in [2.75, 3.05) is 0 Å². The number of halogens is 1. The second-order valence-corrected chi connectivity index (χ2v) is 7.25. The van der Waals surface area contributed by atoms with Gasteiger partial charge in [-0.25, -0.2) is 12.7 Å². The maximum Gasteiger partial charge on any atom is 0.305 e. The number of benzene rings is 1. The van der Waals surface area contributed by atoms with Gasteiger partial charge in [0.15, 0.2) is 4.75 Å². The van der Waals surface area contributed by atoms with E-state index in [1.54, 1.807) is 0 Å². The Morgan fingerprint density at radius 2 is 2.00 bits per heavy atom. The molecule has 0 saturated carbocycles. The maximum absolute atomic E-state index is 13.8. The van der Waals surface area contributed by atoms with Gasteiger partial charge >= 0.3 is 5.69 Å². The molecule has 20 heavy (non-hydrogen) atoms. The molecule has 1 saturated heterocycles. The van der Waals surface area contributed by atoms with Crippen LogP contribution in [0.2, 0.25) is 0 Å². The minimum Gasteiger partial charge on any atom is -0.272 e. The molecule has 1 aliphatic heterocycles. The average Bonchev–Trinajstić information content (AvgIpc) is 2.35. The Kier molecular flexibility index (Phi) is 3.04. The van der Waals surface area contributed by atoms with E-state index in [2.05, 4.69) is 0 Å². The monoisotopic (exact) mass is 302 g/mol. The number of nitro groups is 1. The van der Waals surface area contributed by atoms with Crippen LogP contribution in [0.25, 0.3) is 0 Å². The molecule has 1 fully saturated rings. The largest absolute Gasteiger partial charge is 0.305 e. The number of nitrogens with zero attached hydrogens (tertiary/aromatic N) is 2. The molecule has 1 heterocycles. The summed E-state index contributed by atoms with van der Waals surface area (Å²) in [5, 5.41) is 10.6. The molecule has 9 heteroatoms. The lowest BCUT2D eigenvalue weighted by atomic mass is 10.1. The number of hydrogen-bond donors (Lipinski definition) is 0. The van der Waals surface area contributed by atoms with Gasteiger partial charge in [-0.05, 0) is 13.8 Å². The molecule has 0 radical (unpaired) electrons. The van der Waals surface area contributed by atoms with Crippen molar-refractivity contribution in [2.24, 2.45) is 0 Å². The minimum absolute atomic E-state index is 0.216. The summed E-state index contributed by atoms with van der Waals surface area (Å²) in [7, 11) is -3.85. The van der Waals surface area contributed by atoms with Crippen molar-refractivity contribution in [3.63, 3.8) is 0 Å². The molecule has 0 spiro atoms. The summed E-state index contributed by atoms with van der Waals surface area (Å²) in [6.45, 7) is 1.97. The van der Waals surface area contributed by atoms with E-state index in [4.69, 9.17) is 0 Å². The van der Waals surface area contributed by atoms with Crippen LogP contribution in [0.3, 0.4) is 0 Å². The van der Waals surface area contributed by atoms with Crippen LogP contribution in [0, 0.1) is 15.9 Å². The fourth-order valence-corrected chi connectivity index (χ4v) is 3.40. The quantitative estimate of drug-likeness (QED) is 0.617. The molecule has 0 aromatic heterocycles. The molecule has 1 aliphatic rings. The van der Waals surface area contributed by atoms with Crippen molar-refractivity contribution in [3.8, 4) is 0 Å². The molecular formula is C11H11FN2O5S. The van der Waals surface area contributed by atoms with E-state index in [0.29, 0.717) is 4.31 Å². The summed E-state index contributed by atoms with van der Waals surface area (Å²) in [5.74, 6) is -1.80. The van der Waals surface area contributed by atoms with E-state index in [1.807, 2.05) is 0 Å².